The number of allylic oxidation sites excluding steroid dienone is 1. The highest BCUT2D eigenvalue weighted by Gasteiger charge is 1.97. The van der Waals surface area contributed by atoms with Crippen molar-refractivity contribution in [2.45, 2.75) is 33.1 Å². The fourth-order valence-corrected chi connectivity index (χ4v) is 1.06. The van der Waals surface area contributed by atoms with Crippen LogP contribution in [-0.4, -0.2) is 6.54 Å². The quantitative estimate of drug-likeness (QED) is 0.471. The number of hydrogen-bond acceptors (Lipinski definition) is 1. The summed E-state index contributed by atoms with van der Waals surface area (Å²) in [6.45, 7) is 5.27. The number of hydrogen-bond donors (Lipinski definition) is 1. The van der Waals surface area contributed by atoms with Crippen LogP contribution in [0.3, 0.4) is 0 Å². The van der Waals surface area contributed by atoms with Crippen molar-refractivity contribution in [2.24, 2.45) is 5.92 Å². The van der Waals surface area contributed by atoms with Crippen molar-refractivity contribution in [2.75, 3.05) is 6.54 Å². The third kappa shape index (κ3) is 7.21. The molecule has 0 aromatic carbocycles. The van der Waals surface area contributed by atoms with Crippen LogP contribution in [0.4, 0.5) is 0 Å². The molecule has 1 N–H and O–H groups in total. The van der Waals surface area contributed by atoms with E-state index in [2.05, 4.69) is 18.2 Å². The maximum atomic E-state index is 5.20. The second kappa shape index (κ2) is 8.20. The van der Waals surface area contributed by atoms with Crippen LogP contribution >= 0.6 is 0 Å². The van der Waals surface area contributed by atoms with Crippen LogP contribution in [0.5, 0.6) is 0 Å². The van der Waals surface area contributed by atoms with Crippen LogP contribution in [0.15, 0.2) is 12.3 Å². The highest BCUT2D eigenvalue weighted by molar-refractivity contribution is 4.85. The summed E-state index contributed by atoms with van der Waals surface area (Å²) >= 11 is 0. The maximum absolute atomic E-state index is 5.20. The van der Waals surface area contributed by atoms with Gasteiger partial charge in [0.25, 0.3) is 0 Å². The average molecular weight is 165 g/mol. The van der Waals surface area contributed by atoms with Gasteiger partial charge in [-0.05, 0) is 31.9 Å². The minimum Gasteiger partial charge on any atom is -0.391 e. The summed E-state index contributed by atoms with van der Waals surface area (Å²) in [6.07, 6.45) is 12.5. The third-order valence-corrected chi connectivity index (χ3v) is 1.77. The van der Waals surface area contributed by atoms with Gasteiger partial charge in [0.15, 0.2) is 0 Å². The second-order valence-corrected chi connectivity index (χ2v) is 3.11. The zero-order valence-corrected chi connectivity index (χ0v) is 8.14. The number of terminal acetylenes is 1. The van der Waals surface area contributed by atoms with Crippen molar-refractivity contribution in [3.05, 3.63) is 12.3 Å². The van der Waals surface area contributed by atoms with E-state index in [-0.39, 0.29) is 0 Å². The molecule has 0 bridgehead atoms. The largest absolute Gasteiger partial charge is 0.391 e. The van der Waals surface area contributed by atoms with Crippen LogP contribution < -0.4 is 5.32 Å². The molecule has 0 saturated carbocycles. The Morgan fingerprint density at radius 2 is 2.33 bits per heavy atom. The molecule has 0 amide bonds. The van der Waals surface area contributed by atoms with Gasteiger partial charge < -0.3 is 5.32 Å². The van der Waals surface area contributed by atoms with Crippen LogP contribution in [0, 0.1) is 18.3 Å². The normalized spacial score (nSPS) is 12.8. The van der Waals surface area contributed by atoms with Crippen molar-refractivity contribution in [3.8, 4) is 12.3 Å². The minimum atomic E-state index is 0.669. The predicted octanol–water partition coefficient (Wildman–Crippen LogP) is 2.55. The highest BCUT2D eigenvalue weighted by Crippen LogP contribution is 2.07. The Morgan fingerprint density at radius 1 is 1.58 bits per heavy atom. The molecular formula is C11H19N. The Morgan fingerprint density at radius 3 is 2.92 bits per heavy atom. The molecule has 1 atom stereocenters. The molecular weight excluding hydrogens is 146 g/mol. The lowest BCUT2D eigenvalue weighted by Gasteiger charge is -2.06. The molecule has 12 heavy (non-hydrogen) atoms. The van der Waals surface area contributed by atoms with E-state index in [0.29, 0.717) is 5.92 Å². The van der Waals surface area contributed by atoms with Gasteiger partial charge >= 0.3 is 0 Å². The highest BCUT2D eigenvalue weighted by atomic mass is 14.8. The van der Waals surface area contributed by atoms with Gasteiger partial charge in [-0.1, -0.05) is 13.0 Å². The lowest BCUT2D eigenvalue weighted by atomic mass is 10.0. The van der Waals surface area contributed by atoms with Gasteiger partial charge in [-0.3, -0.25) is 0 Å². The maximum Gasteiger partial charge on any atom is 0.0141 e. The topological polar surface area (TPSA) is 12.0 Å². The van der Waals surface area contributed by atoms with E-state index in [0.717, 1.165) is 13.0 Å². The first-order chi connectivity index (χ1) is 5.81. The van der Waals surface area contributed by atoms with Gasteiger partial charge in [0, 0.05) is 13.0 Å². The molecule has 0 spiro atoms. The Hall–Kier alpha value is -0.900. The van der Waals surface area contributed by atoms with Gasteiger partial charge in [0.1, 0.15) is 0 Å². The molecule has 1 unspecified atom stereocenters. The summed E-state index contributed by atoms with van der Waals surface area (Å²) < 4.78 is 0. The molecule has 0 saturated heterocycles. The van der Waals surface area contributed by atoms with Crippen molar-refractivity contribution in [1.82, 2.24) is 5.32 Å². The fraction of sp³-hybridized carbons (Fsp3) is 0.636. The van der Waals surface area contributed by atoms with Gasteiger partial charge in [-0.2, -0.15) is 0 Å². The molecule has 0 rings (SSSR count). The molecule has 0 heterocycles. The summed E-state index contributed by atoms with van der Waals surface area (Å²) in [5.74, 6) is 3.35. The van der Waals surface area contributed by atoms with E-state index < -0.39 is 0 Å². The SMILES string of the molecule is C#CCC(C)CCCN/C=C\C. The van der Waals surface area contributed by atoms with Crippen LogP contribution in [0.1, 0.15) is 33.1 Å². The minimum absolute atomic E-state index is 0.669. The summed E-state index contributed by atoms with van der Waals surface area (Å²) in [5, 5.41) is 3.20. The van der Waals surface area contributed by atoms with Crippen molar-refractivity contribution >= 4 is 0 Å². The van der Waals surface area contributed by atoms with E-state index in [1.54, 1.807) is 0 Å². The van der Waals surface area contributed by atoms with Crippen molar-refractivity contribution in [1.29, 1.82) is 0 Å². The summed E-state index contributed by atoms with van der Waals surface area (Å²) in [5.41, 5.74) is 0. The Labute approximate surface area is 76.2 Å². The molecule has 1 nitrogen and oxygen atoms in total. The smallest absolute Gasteiger partial charge is 0.0141 e. The van der Waals surface area contributed by atoms with E-state index in [1.165, 1.54) is 12.8 Å². The number of nitrogens with one attached hydrogen (secondary N) is 1. The van der Waals surface area contributed by atoms with Gasteiger partial charge in [-0.25, -0.2) is 0 Å². The lowest BCUT2D eigenvalue weighted by Crippen LogP contribution is -2.08. The van der Waals surface area contributed by atoms with Crippen LogP contribution in [0.25, 0.3) is 0 Å². The van der Waals surface area contributed by atoms with Crippen LogP contribution in [0.2, 0.25) is 0 Å². The Kier molecular flexibility index (Phi) is 7.58. The van der Waals surface area contributed by atoms with E-state index in [9.17, 15) is 0 Å². The molecule has 0 aromatic heterocycles. The molecule has 68 valence electrons. The van der Waals surface area contributed by atoms with Crippen molar-refractivity contribution in [3.63, 3.8) is 0 Å². The first kappa shape index (κ1) is 11.1. The van der Waals surface area contributed by atoms with E-state index in [4.69, 9.17) is 6.42 Å². The molecule has 1 heteroatoms. The molecule has 0 aliphatic carbocycles. The first-order valence-corrected chi connectivity index (χ1v) is 4.59. The molecule has 0 aliphatic rings. The summed E-state index contributed by atoms with van der Waals surface area (Å²) in [6, 6.07) is 0. The zero-order chi connectivity index (χ0) is 9.23. The average Bonchev–Trinajstić information content (AvgIpc) is 2.05. The fourth-order valence-electron chi connectivity index (χ4n) is 1.06. The second-order valence-electron chi connectivity index (χ2n) is 3.11. The van der Waals surface area contributed by atoms with Gasteiger partial charge in [-0.15, -0.1) is 12.3 Å². The first-order valence-electron chi connectivity index (χ1n) is 4.59. The Balaban J connectivity index is 3.14. The van der Waals surface area contributed by atoms with Gasteiger partial charge in [0.2, 0.25) is 0 Å². The summed E-state index contributed by atoms with van der Waals surface area (Å²) in [7, 11) is 0. The Bertz CT molecular complexity index is 153. The van der Waals surface area contributed by atoms with Crippen molar-refractivity contribution < 1.29 is 0 Å². The van der Waals surface area contributed by atoms with E-state index in [1.807, 2.05) is 19.2 Å². The monoisotopic (exact) mass is 165 g/mol. The molecule has 0 fully saturated rings. The predicted molar refractivity (Wildman–Crippen MR) is 54.7 cm³/mol. The zero-order valence-electron chi connectivity index (χ0n) is 8.14. The molecule has 0 aromatic rings. The third-order valence-electron chi connectivity index (χ3n) is 1.77. The van der Waals surface area contributed by atoms with Crippen LogP contribution in [-0.2, 0) is 0 Å². The van der Waals surface area contributed by atoms with E-state index >= 15 is 0 Å². The molecule has 0 radical (unpaired) electrons. The van der Waals surface area contributed by atoms with Gasteiger partial charge in [0.05, 0.1) is 0 Å². The lowest BCUT2D eigenvalue weighted by molar-refractivity contribution is 0.517. The number of rotatable bonds is 6. The summed E-state index contributed by atoms with van der Waals surface area (Å²) in [4.78, 5) is 0. The molecule has 0 aliphatic heterocycles. The standard InChI is InChI=1S/C11H19N/c1-4-7-11(3)8-6-10-12-9-5-2/h1,5,9,11-12H,6-8,10H2,2-3H3/b9-5-.